The minimum absolute atomic E-state index is 0.0195. The predicted molar refractivity (Wildman–Crippen MR) is 68.8 cm³/mol. The molecule has 0 heterocycles. The summed E-state index contributed by atoms with van der Waals surface area (Å²) in [7, 11) is 4.49. The van der Waals surface area contributed by atoms with E-state index in [1.807, 2.05) is 12.1 Å². The Balaban J connectivity index is 2.14. The van der Waals surface area contributed by atoms with E-state index in [1.165, 1.54) is 7.05 Å². The van der Waals surface area contributed by atoms with E-state index >= 15 is 0 Å². The van der Waals surface area contributed by atoms with Gasteiger partial charge in [-0.2, -0.15) is 0 Å². The quantitative estimate of drug-likeness (QED) is 0.637. The smallest absolute Gasteiger partial charge is 0.341 e. The first kappa shape index (κ1) is 13.5. The third-order valence-corrected chi connectivity index (χ3v) is 3.26. The van der Waals surface area contributed by atoms with Crippen LogP contribution in [0.3, 0.4) is 0 Å². The van der Waals surface area contributed by atoms with Crippen LogP contribution in [0.5, 0.6) is 11.5 Å². The third kappa shape index (κ3) is 2.73. The molecule has 0 aliphatic heterocycles. The fourth-order valence-electron chi connectivity index (χ4n) is 2.32. The first-order valence-electron chi connectivity index (χ1n) is 6.02. The number of fused-ring (bicyclic) bond motifs is 1. The topological polar surface area (TPSA) is 71.0 Å². The van der Waals surface area contributed by atoms with Crippen LogP contribution in [0.4, 0.5) is 4.79 Å². The fourth-order valence-corrected chi connectivity index (χ4v) is 2.32. The molecular weight excluding hydrogens is 248 g/mol. The zero-order valence-corrected chi connectivity index (χ0v) is 11.3. The van der Waals surface area contributed by atoms with E-state index in [1.54, 1.807) is 14.2 Å². The summed E-state index contributed by atoms with van der Waals surface area (Å²) in [5.74, 6) is 1.38. The second-order valence-corrected chi connectivity index (χ2v) is 4.55. The molecule has 6 heteroatoms. The van der Waals surface area contributed by atoms with Gasteiger partial charge in [0, 0.05) is 13.1 Å². The summed E-state index contributed by atoms with van der Waals surface area (Å²) in [4.78, 5) is 11.4. The summed E-state index contributed by atoms with van der Waals surface area (Å²) in [6.45, 7) is 0. The average molecular weight is 266 g/mol. The van der Waals surface area contributed by atoms with Crippen LogP contribution < -0.4 is 14.8 Å². The Morgan fingerprint density at radius 3 is 2.11 bits per heavy atom. The van der Waals surface area contributed by atoms with E-state index < -0.39 is 6.03 Å². The zero-order chi connectivity index (χ0) is 14.0. The lowest BCUT2D eigenvalue weighted by Crippen LogP contribution is -2.42. The molecule has 104 valence electrons. The Morgan fingerprint density at radius 1 is 1.26 bits per heavy atom. The predicted octanol–water partition coefficient (Wildman–Crippen LogP) is 1.20. The SMILES string of the molecule is COc1cc2c(cc1OC)CC(NC(=O)N(C)O)C2. The van der Waals surface area contributed by atoms with Crippen molar-refractivity contribution in [3.05, 3.63) is 23.3 Å². The van der Waals surface area contributed by atoms with Crippen LogP contribution >= 0.6 is 0 Å². The Morgan fingerprint density at radius 2 is 1.74 bits per heavy atom. The van der Waals surface area contributed by atoms with Crippen LogP contribution in [0.15, 0.2) is 12.1 Å². The summed E-state index contributed by atoms with van der Waals surface area (Å²) in [5.41, 5.74) is 2.26. The molecule has 0 fully saturated rings. The molecule has 0 spiro atoms. The second kappa shape index (κ2) is 5.36. The third-order valence-electron chi connectivity index (χ3n) is 3.26. The maximum Gasteiger partial charge on any atom is 0.341 e. The second-order valence-electron chi connectivity index (χ2n) is 4.55. The maximum atomic E-state index is 11.4. The van der Waals surface area contributed by atoms with Crippen molar-refractivity contribution in [2.75, 3.05) is 21.3 Å². The molecule has 2 N–H and O–H groups in total. The van der Waals surface area contributed by atoms with Crippen LogP contribution in [0.1, 0.15) is 11.1 Å². The Labute approximate surface area is 111 Å². The van der Waals surface area contributed by atoms with Crippen molar-refractivity contribution in [3.63, 3.8) is 0 Å². The van der Waals surface area contributed by atoms with Crippen LogP contribution in [0.2, 0.25) is 0 Å². The fraction of sp³-hybridized carbons (Fsp3) is 0.462. The van der Waals surface area contributed by atoms with Crippen molar-refractivity contribution in [2.45, 2.75) is 18.9 Å². The number of hydroxylamine groups is 2. The van der Waals surface area contributed by atoms with E-state index in [0.29, 0.717) is 16.6 Å². The number of methoxy groups -OCH3 is 2. The molecule has 2 rings (SSSR count). The molecule has 1 aromatic rings. The first-order valence-corrected chi connectivity index (χ1v) is 6.02. The molecule has 2 amide bonds. The number of benzene rings is 1. The molecule has 0 saturated heterocycles. The molecule has 0 unspecified atom stereocenters. The highest BCUT2D eigenvalue weighted by Gasteiger charge is 2.25. The maximum absolute atomic E-state index is 11.4. The van der Waals surface area contributed by atoms with E-state index in [0.717, 1.165) is 24.0 Å². The lowest BCUT2D eigenvalue weighted by molar-refractivity contribution is -0.0193. The number of nitrogens with one attached hydrogen (secondary N) is 1. The van der Waals surface area contributed by atoms with E-state index in [2.05, 4.69) is 5.32 Å². The summed E-state index contributed by atoms with van der Waals surface area (Å²) >= 11 is 0. The van der Waals surface area contributed by atoms with Crippen molar-refractivity contribution >= 4 is 6.03 Å². The average Bonchev–Trinajstić information content (AvgIpc) is 2.77. The van der Waals surface area contributed by atoms with Crippen molar-refractivity contribution in [3.8, 4) is 11.5 Å². The van der Waals surface area contributed by atoms with Gasteiger partial charge in [0.05, 0.1) is 14.2 Å². The van der Waals surface area contributed by atoms with Gasteiger partial charge < -0.3 is 14.8 Å². The van der Waals surface area contributed by atoms with Gasteiger partial charge in [0.15, 0.2) is 11.5 Å². The molecule has 0 saturated carbocycles. The monoisotopic (exact) mass is 266 g/mol. The molecule has 0 bridgehead atoms. The first-order chi connectivity index (χ1) is 9.05. The number of nitrogens with zero attached hydrogens (tertiary/aromatic N) is 1. The zero-order valence-electron chi connectivity index (χ0n) is 11.3. The molecule has 0 aromatic heterocycles. The molecular formula is C13H18N2O4. The van der Waals surface area contributed by atoms with E-state index in [-0.39, 0.29) is 6.04 Å². The van der Waals surface area contributed by atoms with Gasteiger partial charge in [0.25, 0.3) is 0 Å². The molecule has 1 aliphatic carbocycles. The highest BCUT2D eigenvalue weighted by atomic mass is 16.5. The molecule has 19 heavy (non-hydrogen) atoms. The van der Waals surface area contributed by atoms with Gasteiger partial charge >= 0.3 is 6.03 Å². The number of urea groups is 1. The van der Waals surface area contributed by atoms with Crippen LogP contribution in [0.25, 0.3) is 0 Å². The molecule has 1 aromatic carbocycles. The lowest BCUT2D eigenvalue weighted by Gasteiger charge is -2.15. The normalized spacial score (nSPS) is 13.9. The number of ether oxygens (including phenoxy) is 2. The number of hydrogen-bond donors (Lipinski definition) is 2. The van der Waals surface area contributed by atoms with Gasteiger partial charge in [0.1, 0.15) is 0 Å². The summed E-state index contributed by atoms with van der Waals surface area (Å²) in [6.07, 6.45) is 1.44. The number of hydrogen-bond acceptors (Lipinski definition) is 4. The van der Waals surface area contributed by atoms with Crippen LogP contribution in [0, 0.1) is 0 Å². The van der Waals surface area contributed by atoms with E-state index in [9.17, 15) is 4.79 Å². The van der Waals surface area contributed by atoms with Crippen molar-refractivity contribution in [1.29, 1.82) is 0 Å². The number of rotatable bonds is 3. The largest absolute Gasteiger partial charge is 0.493 e. The van der Waals surface area contributed by atoms with Gasteiger partial charge in [-0.05, 0) is 36.1 Å². The molecule has 6 nitrogen and oxygen atoms in total. The Kier molecular flexibility index (Phi) is 3.80. The van der Waals surface area contributed by atoms with Crippen molar-refractivity contribution in [1.82, 2.24) is 10.4 Å². The standard InChI is InChI=1S/C13H18N2O4/c1-15(17)13(16)14-10-4-8-6-11(18-2)12(19-3)7-9(8)5-10/h6-7,10,17H,4-5H2,1-3H3,(H,14,16). The number of amides is 2. The Bertz CT molecular complexity index is 455. The van der Waals surface area contributed by atoms with Gasteiger partial charge in [-0.15, -0.1) is 0 Å². The number of carbonyl (C=O) groups is 1. The lowest BCUT2D eigenvalue weighted by atomic mass is 10.1. The molecule has 1 aliphatic rings. The molecule has 0 radical (unpaired) electrons. The van der Waals surface area contributed by atoms with Gasteiger partial charge in [-0.25, -0.2) is 9.86 Å². The van der Waals surface area contributed by atoms with Crippen molar-refractivity contribution in [2.24, 2.45) is 0 Å². The highest BCUT2D eigenvalue weighted by Crippen LogP contribution is 2.34. The minimum Gasteiger partial charge on any atom is -0.493 e. The van der Waals surface area contributed by atoms with Gasteiger partial charge in [0.2, 0.25) is 0 Å². The van der Waals surface area contributed by atoms with E-state index in [4.69, 9.17) is 14.7 Å². The van der Waals surface area contributed by atoms with Crippen LogP contribution in [-0.2, 0) is 12.8 Å². The molecule has 0 atom stereocenters. The summed E-state index contributed by atoms with van der Waals surface area (Å²) < 4.78 is 10.5. The van der Waals surface area contributed by atoms with Crippen molar-refractivity contribution < 1.29 is 19.5 Å². The van der Waals surface area contributed by atoms with Gasteiger partial charge in [-0.3, -0.25) is 5.21 Å². The number of carbonyl (C=O) groups excluding carboxylic acids is 1. The van der Waals surface area contributed by atoms with Gasteiger partial charge in [-0.1, -0.05) is 0 Å². The minimum atomic E-state index is -0.503. The van der Waals surface area contributed by atoms with Crippen LogP contribution in [-0.4, -0.2) is 43.6 Å². The summed E-state index contributed by atoms with van der Waals surface area (Å²) in [5, 5.41) is 12.3. The Hall–Kier alpha value is -1.95. The highest BCUT2D eigenvalue weighted by molar-refractivity contribution is 5.73. The summed E-state index contributed by atoms with van der Waals surface area (Å²) in [6, 6.07) is 3.34.